The van der Waals surface area contributed by atoms with Crippen LogP contribution in [0.5, 0.6) is 5.75 Å². The lowest BCUT2D eigenvalue weighted by atomic mass is 10.1. The Kier molecular flexibility index (Phi) is 4.36. The van der Waals surface area contributed by atoms with Crippen LogP contribution in [0.25, 0.3) is 0 Å². The fourth-order valence-electron chi connectivity index (χ4n) is 2.37. The number of hydrogen-bond acceptors (Lipinski definition) is 2. The molecule has 0 saturated carbocycles. The maximum Gasteiger partial charge on any atom is 0.206 e. The van der Waals surface area contributed by atoms with Gasteiger partial charge in [-0.2, -0.15) is 0 Å². The summed E-state index contributed by atoms with van der Waals surface area (Å²) in [4.78, 5) is 11.9. The van der Waals surface area contributed by atoms with Gasteiger partial charge in [0.2, 0.25) is 5.78 Å². The number of carbonyl (C=O) groups is 1. The third-order valence-corrected chi connectivity index (χ3v) is 3.19. The van der Waals surface area contributed by atoms with Crippen molar-refractivity contribution in [3.05, 3.63) is 64.2 Å². The minimum Gasteiger partial charge on any atom is -0.485 e. The topological polar surface area (TPSA) is 26.3 Å². The molecule has 0 aliphatic heterocycles. The number of carbonyl (C=O) groups excluding carboxylic acids is 1. The van der Waals surface area contributed by atoms with E-state index < -0.39 is 29.6 Å². The van der Waals surface area contributed by atoms with Crippen molar-refractivity contribution in [3.8, 4) is 5.75 Å². The molecular weight excluding hydrogens is 274 g/mol. The molecule has 2 aromatic rings. The van der Waals surface area contributed by atoms with Crippen molar-refractivity contribution in [2.24, 2.45) is 0 Å². The molecule has 0 unspecified atom stereocenters. The molecule has 4 heteroatoms. The third kappa shape index (κ3) is 3.27. The van der Waals surface area contributed by atoms with Gasteiger partial charge in [-0.05, 0) is 44.0 Å². The number of ketones is 1. The van der Waals surface area contributed by atoms with E-state index in [1.807, 2.05) is 32.9 Å². The van der Waals surface area contributed by atoms with Gasteiger partial charge in [-0.3, -0.25) is 4.79 Å². The first-order valence-corrected chi connectivity index (χ1v) is 6.58. The quantitative estimate of drug-likeness (QED) is 0.791. The second-order valence-electron chi connectivity index (χ2n) is 5.04. The maximum atomic E-state index is 13.5. The summed E-state index contributed by atoms with van der Waals surface area (Å²) in [6.45, 7) is 5.29. The van der Waals surface area contributed by atoms with Crippen molar-refractivity contribution in [2.75, 3.05) is 6.61 Å². The summed E-state index contributed by atoms with van der Waals surface area (Å²) >= 11 is 0. The SMILES string of the molecule is Cc1cc(C)c(OCC(=O)c2c(F)cccc2F)c(C)c1. The summed E-state index contributed by atoms with van der Waals surface area (Å²) in [7, 11) is 0. The molecule has 0 radical (unpaired) electrons. The van der Waals surface area contributed by atoms with Crippen molar-refractivity contribution in [3.63, 3.8) is 0 Å². The summed E-state index contributed by atoms with van der Waals surface area (Å²) in [5, 5.41) is 0. The predicted octanol–water partition coefficient (Wildman–Crippen LogP) is 4.15. The normalized spacial score (nSPS) is 10.5. The van der Waals surface area contributed by atoms with Crippen molar-refractivity contribution in [1.29, 1.82) is 0 Å². The molecule has 0 heterocycles. The molecule has 0 spiro atoms. The van der Waals surface area contributed by atoms with Crippen LogP contribution >= 0.6 is 0 Å². The van der Waals surface area contributed by atoms with Crippen molar-refractivity contribution >= 4 is 5.78 Å². The monoisotopic (exact) mass is 290 g/mol. The second-order valence-corrected chi connectivity index (χ2v) is 5.04. The minimum atomic E-state index is -0.874. The molecule has 0 aliphatic carbocycles. The van der Waals surface area contributed by atoms with Crippen LogP contribution in [0.2, 0.25) is 0 Å². The second kappa shape index (κ2) is 6.04. The van der Waals surface area contributed by atoms with Crippen LogP contribution in [0, 0.1) is 32.4 Å². The Bertz CT molecular complexity index is 650. The van der Waals surface area contributed by atoms with Crippen molar-refractivity contribution in [1.82, 2.24) is 0 Å². The lowest BCUT2D eigenvalue weighted by Gasteiger charge is -2.13. The number of halogens is 2. The van der Waals surface area contributed by atoms with E-state index in [9.17, 15) is 13.6 Å². The zero-order chi connectivity index (χ0) is 15.6. The van der Waals surface area contributed by atoms with Crippen LogP contribution in [0.4, 0.5) is 8.78 Å². The Morgan fingerprint density at radius 1 is 1.05 bits per heavy atom. The van der Waals surface area contributed by atoms with Gasteiger partial charge in [0, 0.05) is 0 Å². The molecule has 110 valence electrons. The van der Waals surface area contributed by atoms with E-state index in [4.69, 9.17) is 4.74 Å². The molecule has 2 aromatic carbocycles. The fourth-order valence-corrected chi connectivity index (χ4v) is 2.37. The first-order chi connectivity index (χ1) is 9.90. The molecule has 0 fully saturated rings. The summed E-state index contributed by atoms with van der Waals surface area (Å²) in [6.07, 6.45) is 0. The van der Waals surface area contributed by atoms with Crippen LogP contribution < -0.4 is 4.74 Å². The third-order valence-electron chi connectivity index (χ3n) is 3.19. The minimum absolute atomic E-state index is 0.400. The molecule has 0 atom stereocenters. The molecule has 0 saturated heterocycles. The van der Waals surface area contributed by atoms with E-state index in [0.29, 0.717) is 5.75 Å². The van der Waals surface area contributed by atoms with E-state index >= 15 is 0 Å². The number of ether oxygens (including phenoxy) is 1. The number of hydrogen-bond donors (Lipinski definition) is 0. The largest absolute Gasteiger partial charge is 0.485 e. The molecule has 0 N–H and O–H groups in total. The van der Waals surface area contributed by atoms with Gasteiger partial charge in [0.25, 0.3) is 0 Å². The van der Waals surface area contributed by atoms with Crippen LogP contribution in [0.3, 0.4) is 0 Å². The van der Waals surface area contributed by atoms with Gasteiger partial charge in [-0.25, -0.2) is 8.78 Å². The predicted molar refractivity (Wildman–Crippen MR) is 76.8 cm³/mol. The molecule has 0 aromatic heterocycles. The Morgan fingerprint density at radius 3 is 2.10 bits per heavy atom. The highest BCUT2D eigenvalue weighted by Gasteiger charge is 2.18. The fraction of sp³-hybridized carbons (Fsp3) is 0.235. The van der Waals surface area contributed by atoms with Crippen LogP contribution in [0.1, 0.15) is 27.0 Å². The average molecular weight is 290 g/mol. The van der Waals surface area contributed by atoms with Gasteiger partial charge in [-0.1, -0.05) is 23.8 Å². The standard InChI is InChI=1S/C17H16F2O2/c1-10-7-11(2)17(12(3)8-10)21-9-15(20)16-13(18)5-4-6-14(16)19/h4-8H,9H2,1-3H3. The number of benzene rings is 2. The summed E-state index contributed by atoms with van der Waals surface area (Å²) < 4.78 is 32.5. The van der Waals surface area contributed by atoms with Gasteiger partial charge in [0.1, 0.15) is 17.4 Å². The number of Topliss-reactive ketones (excluding diaryl/α,β-unsaturated/α-hetero) is 1. The molecule has 0 aliphatic rings. The van der Waals surface area contributed by atoms with Crippen LogP contribution in [0.15, 0.2) is 30.3 Å². The van der Waals surface area contributed by atoms with E-state index in [1.165, 1.54) is 6.07 Å². The Morgan fingerprint density at radius 2 is 1.57 bits per heavy atom. The highest BCUT2D eigenvalue weighted by Crippen LogP contribution is 2.25. The zero-order valence-electron chi connectivity index (χ0n) is 12.2. The Labute approximate surface area is 122 Å². The van der Waals surface area contributed by atoms with Gasteiger partial charge in [0.15, 0.2) is 6.61 Å². The van der Waals surface area contributed by atoms with Gasteiger partial charge >= 0.3 is 0 Å². The molecule has 0 bridgehead atoms. The molecule has 2 rings (SSSR count). The number of rotatable bonds is 4. The molecular formula is C17H16F2O2. The van der Waals surface area contributed by atoms with E-state index in [-0.39, 0.29) is 0 Å². The lowest BCUT2D eigenvalue weighted by Crippen LogP contribution is -2.16. The van der Waals surface area contributed by atoms with E-state index in [1.54, 1.807) is 0 Å². The maximum absolute atomic E-state index is 13.5. The molecule has 2 nitrogen and oxygen atoms in total. The van der Waals surface area contributed by atoms with Crippen LogP contribution in [-0.4, -0.2) is 12.4 Å². The first kappa shape index (κ1) is 15.2. The highest BCUT2D eigenvalue weighted by molar-refractivity contribution is 5.97. The molecule has 0 amide bonds. The highest BCUT2D eigenvalue weighted by atomic mass is 19.1. The van der Waals surface area contributed by atoms with Crippen LogP contribution in [-0.2, 0) is 0 Å². The summed E-state index contributed by atoms with van der Waals surface area (Å²) in [5.74, 6) is -1.89. The zero-order valence-corrected chi connectivity index (χ0v) is 12.2. The lowest BCUT2D eigenvalue weighted by molar-refractivity contribution is 0.0912. The van der Waals surface area contributed by atoms with Gasteiger partial charge in [0.05, 0.1) is 5.56 Å². The van der Waals surface area contributed by atoms with Gasteiger partial charge in [-0.15, -0.1) is 0 Å². The summed E-state index contributed by atoms with van der Waals surface area (Å²) in [5.41, 5.74) is 2.30. The number of aryl methyl sites for hydroxylation is 3. The van der Waals surface area contributed by atoms with E-state index in [0.717, 1.165) is 28.8 Å². The first-order valence-electron chi connectivity index (χ1n) is 6.58. The average Bonchev–Trinajstić information content (AvgIpc) is 2.37. The van der Waals surface area contributed by atoms with Crippen molar-refractivity contribution < 1.29 is 18.3 Å². The smallest absolute Gasteiger partial charge is 0.206 e. The van der Waals surface area contributed by atoms with Gasteiger partial charge < -0.3 is 4.74 Å². The Hall–Kier alpha value is -2.23. The van der Waals surface area contributed by atoms with Crippen molar-refractivity contribution in [2.45, 2.75) is 20.8 Å². The summed E-state index contributed by atoms with van der Waals surface area (Å²) in [6, 6.07) is 7.18. The molecule has 21 heavy (non-hydrogen) atoms. The van der Waals surface area contributed by atoms with E-state index in [2.05, 4.69) is 0 Å². The Balaban J connectivity index is 2.19.